The van der Waals surface area contributed by atoms with Crippen LogP contribution in [0.5, 0.6) is 5.75 Å². The predicted molar refractivity (Wildman–Crippen MR) is 62.3 cm³/mol. The molecule has 0 amide bonds. The van der Waals surface area contributed by atoms with Gasteiger partial charge in [-0.1, -0.05) is 0 Å². The van der Waals surface area contributed by atoms with Gasteiger partial charge in [-0.2, -0.15) is 0 Å². The van der Waals surface area contributed by atoms with Crippen LogP contribution in [-0.4, -0.2) is 30.8 Å². The highest BCUT2D eigenvalue weighted by Crippen LogP contribution is 2.38. The lowest BCUT2D eigenvalue weighted by Gasteiger charge is -2.18. The number of halogens is 2. The zero-order chi connectivity index (χ0) is 13.6. The molecule has 2 aliphatic rings. The Labute approximate surface area is 108 Å². The topological polar surface area (TPSA) is 58.6 Å². The van der Waals surface area contributed by atoms with Gasteiger partial charge in [0.25, 0.3) is 0 Å². The SMILES string of the molecule is O=C(O)[C@@H]1CNC[C@H]1c1c(F)cc2c(c1F)CCO2. The molecule has 19 heavy (non-hydrogen) atoms. The second-order valence-electron chi connectivity index (χ2n) is 4.87. The Kier molecular flexibility index (Phi) is 2.89. The maximum absolute atomic E-state index is 14.4. The van der Waals surface area contributed by atoms with E-state index in [1.165, 1.54) is 0 Å². The molecule has 0 unspecified atom stereocenters. The molecule has 0 aromatic heterocycles. The van der Waals surface area contributed by atoms with Crippen molar-refractivity contribution in [1.82, 2.24) is 5.32 Å². The van der Waals surface area contributed by atoms with Crippen molar-refractivity contribution in [1.29, 1.82) is 0 Å². The van der Waals surface area contributed by atoms with Crippen LogP contribution >= 0.6 is 0 Å². The number of aliphatic carboxylic acids is 1. The van der Waals surface area contributed by atoms with Gasteiger partial charge in [0.05, 0.1) is 12.5 Å². The third-order valence-electron chi connectivity index (χ3n) is 3.83. The Morgan fingerprint density at radius 2 is 2.21 bits per heavy atom. The lowest BCUT2D eigenvalue weighted by molar-refractivity contribution is -0.141. The van der Waals surface area contributed by atoms with Crippen LogP contribution in [-0.2, 0) is 11.2 Å². The van der Waals surface area contributed by atoms with E-state index in [4.69, 9.17) is 9.84 Å². The van der Waals surface area contributed by atoms with Gasteiger partial charge in [-0.05, 0) is 0 Å². The lowest BCUT2D eigenvalue weighted by Crippen LogP contribution is -2.22. The Morgan fingerprint density at radius 3 is 2.95 bits per heavy atom. The van der Waals surface area contributed by atoms with Crippen molar-refractivity contribution in [3.8, 4) is 5.75 Å². The molecule has 2 atom stereocenters. The monoisotopic (exact) mass is 269 g/mol. The fraction of sp³-hybridized carbons (Fsp3) is 0.462. The molecule has 0 spiro atoms. The van der Waals surface area contributed by atoms with Crippen molar-refractivity contribution in [2.45, 2.75) is 12.3 Å². The van der Waals surface area contributed by atoms with Crippen LogP contribution in [0.2, 0.25) is 0 Å². The van der Waals surface area contributed by atoms with Gasteiger partial charge in [0.1, 0.15) is 17.4 Å². The molecule has 1 aromatic rings. The standard InChI is InChI=1S/C13H13F2NO3/c14-9-3-10-6(1-2-19-10)12(15)11(9)7-4-16-5-8(7)13(17)18/h3,7-8,16H,1-2,4-5H2,(H,17,18)/t7-,8-/m1/s1. The number of hydrogen-bond acceptors (Lipinski definition) is 3. The normalized spacial score (nSPS) is 25.2. The number of carboxylic acids is 1. The number of carboxylic acid groups (broad SMARTS) is 1. The third kappa shape index (κ3) is 1.87. The lowest BCUT2D eigenvalue weighted by atomic mass is 9.87. The molecule has 2 heterocycles. The minimum atomic E-state index is -1.04. The van der Waals surface area contributed by atoms with E-state index in [-0.39, 0.29) is 24.4 Å². The Hall–Kier alpha value is -1.69. The van der Waals surface area contributed by atoms with Crippen LogP contribution in [0.1, 0.15) is 17.0 Å². The van der Waals surface area contributed by atoms with Gasteiger partial charge in [0.2, 0.25) is 0 Å². The van der Waals surface area contributed by atoms with Crippen LogP contribution in [0.25, 0.3) is 0 Å². The molecule has 0 bridgehead atoms. The highest BCUT2D eigenvalue weighted by atomic mass is 19.1. The maximum atomic E-state index is 14.4. The van der Waals surface area contributed by atoms with Crippen molar-refractivity contribution in [3.63, 3.8) is 0 Å². The smallest absolute Gasteiger partial charge is 0.308 e. The molecule has 2 aliphatic heterocycles. The van der Waals surface area contributed by atoms with Gasteiger partial charge in [-0.25, -0.2) is 8.78 Å². The average Bonchev–Trinajstić information content (AvgIpc) is 2.96. The quantitative estimate of drug-likeness (QED) is 0.849. The van der Waals surface area contributed by atoms with Crippen molar-refractivity contribution < 1.29 is 23.4 Å². The Balaban J connectivity index is 2.08. The number of benzene rings is 1. The van der Waals surface area contributed by atoms with Gasteiger partial charge in [-0.15, -0.1) is 0 Å². The number of rotatable bonds is 2. The molecule has 6 heteroatoms. The summed E-state index contributed by atoms with van der Waals surface area (Å²) in [5.74, 6) is -3.65. The number of carbonyl (C=O) groups is 1. The fourth-order valence-corrected chi connectivity index (χ4v) is 2.86. The van der Waals surface area contributed by atoms with E-state index in [1.54, 1.807) is 0 Å². The first kappa shape index (κ1) is 12.3. The predicted octanol–water partition coefficient (Wildman–Crippen LogP) is 1.29. The van der Waals surface area contributed by atoms with Crippen molar-refractivity contribution in [2.75, 3.05) is 19.7 Å². The largest absolute Gasteiger partial charge is 0.493 e. The summed E-state index contributed by atoms with van der Waals surface area (Å²) in [6, 6.07) is 1.16. The van der Waals surface area contributed by atoms with Gasteiger partial charge < -0.3 is 15.2 Å². The molecule has 0 aliphatic carbocycles. The van der Waals surface area contributed by atoms with Crippen LogP contribution in [0.4, 0.5) is 8.78 Å². The fourth-order valence-electron chi connectivity index (χ4n) is 2.86. The van der Waals surface area contributed by atoms with Crippen LogP contribution in [0, 0.1) is 17.6 Å². The minimum absolute atomic E-state index is 0.123. The molecule has 1 saturated heterocycles. The van der Waals surface area contributed by atoms with E-state index >= 15 is 0 Å². The molecule has 2 N–H and O–H groups in total. The second kappa shape index (κ2) is 4.45. The summed E-state index contributed by atoms with van der Waals surface area (Å²) in [6.45, 7) is 0.831. The molecule has 1 fully saturated rings. The third-order valence-corrected chi connectivity index (χ3v) is 3.83. The molecule has 102 valence electrons. The van der Waals surface area contributed by atoms with Gasteiger partial charge >= 0.3 is 5.97 Å². The summed E-state index contributed by atoms with van der Waals surface area (Å²) in [7, 11) is 0. The second-order valence-corrected chi connectivity index (χ2v) is 4.87. The van der Waals surface area contributed by atoms with E-state index in [1.807, 2.05) is 0 Å². The summed E-state index contributed by atoms with van der Waals surface area (Å²) >= 11 is 0. The molecule has 4 nitrogen and oxygen atoms in total. The summed E-state index contributed by atoms with van der Waals surface area (Å²) in [4.78, 5) is 11.1. The summed E-state index contributed by atoms with van der Waals surface area (Å²) in [6.07, 6.45) is 0.395. The van der Waals surface area contributed by atoms with E-state index in [0.29, 0.717) is 18.6 Å². The first-order chi connectivity index (χ1) is 9.09. The number of ether oxygens (including phenoxy) is 1. The maximum Gasteiger partial charge on any atom is 0.308 e. The highest BCUT2D eigenvalue weighted by Gasteiger charge is 2.38. The van der Waals surface area contributed by atoms with E-state index < -0.39 is 29.4 Å². The van der Waals surface area contributed by atoms with E-state index in [0.717, 1.165) is 6.07 Å². The summed E-state index contributed by atoms with van der Waals surface area (Å²) in [5.41, 5.74) is 0.231. The molecule has 0 saturated carbocycles. The number of fused-ring (bicyclic) bond motifs is 1. The van der Waals surface area contributed by atoms with Crippen LogP contribution < -0.4 is 10.1 Å². The number of hydrogen-bond donors (Lipinski definition) is 2. The van der Waals surface area contributed by atoms with Gasteiger partial charge in [0, 0.05) is 42.6 Å². The van der Waals surface area contributed by atoms with E-state index in [9.17, 15) is 13.6 Å². The van der Waals surface area contributed by atoms with Crippen LogP contribution in [0.3, 0.4) is 0 Å². The summed E-state index contributed by atoms with van der Waals surface area (Å²) < 4.78 is 33.6. The Bertz CT molecular complexity index is 547. The van der Waals surface area contributed by atoms with Gasteiger partial charge in [-0.3, -0.25) is 4.79 Å². The highest BCUT2D eigenvalue weighted by molar-refractivity contribution is 5.72. The van der Waals surface area contributed by atoms with Gasteiger partial charge in [0.15, 0.2) is 0 Å². The molecule has 0 radical (unpaired) electrons. The van der Waals surface area contributed by atoms with Crippen molar-refractivity contribution in [3.05, 3.63) is 28.8 Å². The minimum Gasteiger partial charge on any atom is -0.493 e. The Morgan fingerprint density at radius 1 is 1.42 bits per heavy atom. The van der Waals surface area contributed by atoms with Crippen molar-refractivity contribution in [2.24, 2.45) is 5.92 Å². The van der Waals surface area contributed by atoms with Crippen molar-refractivity contribution >= 4 is 5.97 Å². The molecular weight excluding hydrogens is 256 g/mol. The van der Waals surface area contributed by atoms with E-state index in [2.05, 4.69) is 5.32 Å². The first-order valence-corrected chi connectivity index (χ1v) is 6.16. The zero-order valence-corrected chi connectivity index (χ0v) is 10.1. The van der Waals surface area contributed by atoms with Crippen LogP contribution in [0.15, 0.2) is 6.07 Å². The number of nitrogens with one attached hydrogen (secondary N) is 1. The summed E-state index contributed by atoms with van der Waals surface area (Å²) in [5, 5.41) is 12.0. The molecule has 3 rings (SSSR count). The first-order valence-electron chi connectivity index (χ1n) is 6.16. The molecule has 1 aromatic carbocycles. The zero-order valence-electron chi connectivity index (χ0n) is 10.1. The molecular formula is C13H13F2NO3. The average molecular weight is 269 g/mol.